The van der Waals surface area contributed by atoms with Gasteiger partial charge in [-0.05, 0) is 11.3 Å². The number of hydrogen-bond acceptors (Lipinski definition) is 1. The van der Waals surface area contributed by atoms with Crippen LogP contribution < -0.4 is 0 Å². The monoisotopic (exact) mass is 260 g/mol. The molecular formula is C14H32SSi. The first-order valence-electron chi connectivity index (χ1n) is 7.45. The van der Waals surface area contributed by atoms with Gasteiger partial charge in [-0.3, -0.25) is 0 Å². The van der Waals surface area contributed by atoms with Crippen molar-refractivity contribution in [2.45, 2.75) is 88.8 Å². The van der Waals surface area contributed by atoms with E-state index in [1.54, 1.807) is 0 Å². The number of rotatable bonds is 12. The van der Waals surface area contributed by atoms with Crippen LogP contribution in [0, 0.1) is 0 Å². The third-order valence-corrected chi connectivity index (χ3v) is 4.06. The maximum atomic E-state index is 4.46. The third-order valence-electron chi connectivity index (χ3n) is 3.23. The summed E-state index contributed by atoms with van der Waals surface area (Å²) in [6.07, 6.45) is 17.3. The summed E-state index contributed by atoms with van der Waals surface area (Å²) in [5.41, 5.74) is 0. The number of thiol groups is 1. The van der Waals surface area contributed by atoms with Gasteiger partial charge < -0.3 is 0 Å². The lowest BCUT2D eigenvalue weighted by Gasteiger charge is -2.04. The smallest absolute Gasteiger partial charge is 0.0189 e. The molecule has 0 fully saturated rings. The Bertz CT molecular complexity index is 126. The van der Waals surface area contributed by atoms with Crippen molar-refractivity contribution >= 4 is 22.9 Å². The average molecular weight is 261 g/mol. The van der Waals surface area contributed by atoms with Crippen LogP contribution in [0.5, 0.6) is 0 Å². The Hall–Kier alpha value is 0.567. The Morgan fingerprint density at radius 3 is 1.50 bits per heavy atom. The van der Waals surface area contributed by atoms with Crippen molar-refractivity contribution < 1.29 is 0 Å². The van der Waals surface area contributed by atoms with Gasteiger partial charge in [-0.15, -0.1) is 0 Å². The first-order chi connectivity index (χ1) is 7.77. The summed E-state index contributed by atoms with van der Waals surface area (Å²) in [5, 5.41) is 0. The third kappa shape index (κ3) is 14.6. The summed E-state index contributed by atoms with van der Waals surface area (Å²) in [5.74, 6) is 0. The van der Waals surface area contributed by atoms with Gasteiger partial charge in [0.1, 0.15) is 0 Å². The van der Waals surface area contributed by atoms with Gasteiger partial charge in [0.25, 0.3) is 0 Å². The van der Waals surface area contributed by atoms with Crippen molar-refractivity contribution in [2.75, 3.05) is 0 Å². The van der Waals surface area contributed by atoms with Crippen molar-refractivity contribution in [3.63, 3.8) is 0 Å². The van der Waals surface area contributed by atoms with Crippen molar-refractivity contribution in [3.05, 3.63) is 0 Å². The first kappa shape index (κ1) is 16.6. The predicted molar refractivity (Wildman–Crippen MR) is 83.8 cm³/mol. The molecule has 0 aromatic heterocycles. The Labute approximate surface area is 112 Å². The molecule has 0 saturated heterocycles. The van der Waals surface area contributed by atoms with Crippen LogP contribution in [0.15, 0.2) is 0 Å². The molecule has 0 aromatic carbocycles. The summed E-state index contributed by atoms with van der Waals surface area (Å²) < 4.78 is 0. The van der Waals surface area contributed by atoms with Crippen LogP contribution in [0.4, 0.5) is 0 Å². The molecule has 0 N–H and O–H groups in total. The van der Waals surface area contributed by atoms with E-state index in [1.165, 1.54) is 87.3 Å². The zero-order chi connectivity index (χ0) is 12.1. The summed E-state index contributed by atoms with van der Waals surface area (Å²) in [6.45, 7) is 2.29. The van der Waals surface area contributed by atoms with Gasteiger partial charge in [0.05, 0.1) is 0 Å². The Morgan fingerprint density at radius 2 is 1.12 bits per heavy atom. The lowest BCUT2D eigenvalue weighted by atomic mass is 10.1. The summed E-state index contributed by atoms with van der Waals surface area (Å²) in [6, 6.07) is 0. The van der Waals surface area contributed by atoms with Crippen LogP contribution in [-0.4, -0.2) is 15.1 Å². The zero-order valence-corrected chi connectivity index (χ0v) is 14.4. The van der Waals surface area contributed by atoms with Crippen molar-refractivity contribution in [3.8, 4) is 0 Å². The fourth-order valence-electron chi connectivity index (χ4n) is 2.10. The van der Waals surface area contributed by atoms with Crippen LogP contribution in [0.25, 0.3) is 0 Å². The second-order valence-electron chi connectivity index (χ2n) is 5.17. The minimum absolute atomic E-state index is 0.735. The van der Waals surface area contributed by atoms with Gasteiger partial charge in [-0.1, -0.05) is 77.6 Å². The van der Waals surface area contributed by atoms with E-state index in [2.05, 4.69) is 19.6 Å². The predicted octanol–water partition coefficient (Wildman–Crippen LogP) is 4.31. The summed E-state index contributed by atoms with van der Waals surface area (Å²) in [7, 11) is 1.25. The molecule has 0 saturated carbocycles. The minimum Gasteiger partial charge on any atom is -0.180 e. The molecule has 0 amide bonds. The lowest BCUT2D eigenvalue weighted by molar-refractivity contribution is 0.547. The highest BCUT2D eigenvalue weighted by atomic mass is 32.1. The van der Waals surface area contributed by atoms with E-state index in [1.807, 2.05) is 0 Å². The van der Waals surface area contributed by atoms with Crippen LogP contribution in [-0.2, 0) is 0 Å². The maximum Gasteiger partial charge on any atom is 0.0189 e. The quantitative estimate of drug-likeness (QED) is 0.302. The molecule has 0 aromatic rings. The van der Waals surface area contributed by atoms with E-state index in [0.29, 0.717) is 0 Å². The molecule has 1 unspecified atom stereocenters. The topological polar surface area (TPSA) is 0 Å². The molecule has 0 aliphatic heterocycles. The minimum atomic E-state index is 0.735. The second-order valence-corrected chi connectivity index (χ2v) is 8.42. The van der Waals surface area contributed by atoms with Gasteiger partial charge >= 0.3 is 0 Å². The molecule has 0 nitrogen and oxygen atoms in total. The van der Waals surface area contributed by atoms with Crippen molar-refractivity contribution in [2.24, 2.45) is 0 Å². The van der Waals surface area contributed by atoms with Crippen LogP contribution >= 0.6 is 12.6 Å². The first-order valence-corrected chi connectivity index (χ1v) is 9.12. The van der Waals surface area contributed by atoms with Gasteiger partial charge in [0.2, 0.25) is 0 Å². The molecule has 0 bridgehead atoms. The molecule has 2 heteroatoms. The van der Waals surface area contributed by atoms with Gasteiger partial charge in [-0.2, -0.15) is 12.6 Å². The number of unbranched alkanes of at least 4 members (excludes halogenated alkanes) is 10. The highest BCUT2D eigenvalue weighted by Crippen LogP contribution is 2.12. The van der Waals surface area contributed by atoms with Crippen LogP contribution in [0.3, 0.4) is 0 Å². The van der Waals surface area contributed by atoms with Gasteiger partial charge in [0, 0.05) is 10.2 Å². The molecule has 0 spiro atoms. The van der Waals surface area contributed by atoms with Gasteiger partial charge in [-0.25, -0.2) is 0 Å². The Balaban J connectivity index is 2.88. The fourth-order valence-corrected chi connectivity index (χ4v) is 2.69. The van der Waals surface area contributed by atoms with E-state index in [9.17, 15) is 0 Å². The van der Waals surface area contributed by atoms with E-state index >= 15 is 0 Å². The molecule has 0 aliphatic carbocycles. The summed E-state index contributed by atoms with van der Waals surface area (Å²) >= 11 is 4.46. The van der Waals surface area contributed by atoms with Crippen LogP contribution in [0.1, 0.15) is 84.0 Å². The molecule has 0 radical (unpaired) electrons. The molecule has 1 atom stereocenters. The van der Waals surface area contributed by atoms with E-state index < -0.39 is 0 Å². The van der Waals surface area contributed by atoms with E-state index in [0.717, 1.165) is 4.87 Å². The standard InChI is InChI=1S/C14H32SSi/c1-2-3-4-5-6-7-8-9-10-11-12-13-14(15)16/h14-15H,2-13H2,1,16H3. The summed E-state index contributed by atoms with van der Waals surface area (Å²) in [4.78, 5) is 0.735. The average Bonchev–Trinajstić information content (AvgIpc) is 2.25. The molecule has 98 valence electrons. The SMILES string of the molecule is CCCCCCCCCCCCCC([SiH3])S. The Kier molecular flexibility index (Phi) is 14.1. The highest BCUT2D eigenvalue weighted by Gasteiger charge is 1.95. The van der Waals surface area contributed by atoms with Crippen LogP contribution in [0.2, 0.25) is 0 Å². The molecule has 0 rings (SSSR count). The lowest BCUT2D eigenvalue weighted by Crippen LogP contribution is -1.95. The van der Waals surface area contributed by atoms with Crippen molar-refractivity contribution in [1.29, 1.82) is 0 Å². The molecule has 16 heavy (non-hydrogen) atoms. The maximum absolute atomic E-state index is 4.46. The second kappa shape index (κ2) is 13.6. The highest BCUT2D eigenvalue weighted by molar-refractivity contribution is 7.82. The van der Waals surface area contributed by atoms with E-state index in [4.69, 9.17) is 0 Å². The number of hydrogen-bond donors (Lipinski definition) is 1. The molecule has 0 aliphatic rings. The van der Waals surface area contributed by atoms with Gasteiger partial charge in [0.15, 0.2) is 0 Å². The van der Waals surface area contributed by atoms with Crippen molar-refractivity contribution in [1.82, 2.24) is 0 Å². The zero-order valence-electron chi connectivity index (χ0n) is 11.5. The molecule has 0 heterocycles. The molecular weight excluding hydrogens is 228 g/mol. The fraction of sp³-hybridized carbons (Fsp3) is 1.00. The largest absolute Gasteiger partial charge is 0.180 e. The van der Waals surface area contributed by atoms with E-state index in [-0.39, 0.29) is 0 Å². The Morgan fingerprint density at radius 1 is 0.750 bits per heavy atom. The normalized spacial score (nSPS) is 13.1.